The normalized spacial score (nSPS) is 21.3. The zero-order chi connectivity index (χ0) is 13.5. The highest BCUT2D eigenvalue weighted by Crippen LogP contribution is 2.41. The quantitative estimate of drug-likeness (QED) is 0.743. The third-order valence-electron chi connectivity index (χ3n) is 4.07. The Hall–Kier alpha value is -0.930. The molecule has 0 unspecified atom stereocenters. The summed E-state index contributed by atoms with van der Waals surface area (Å²) in [6, 6.07) is 3.50. The second-order valence-corrected chi connectivity index (χ2v) is 6.20. The van der Waals surface area contributed by atoms with E-state index in [0.717, 1.165) is 31.4 Å². The standard InChI is InChI=1S/C14H16Cl2N2O/c15-9-7-11-12(8-10(9)16)18-14(13(19)17-11)5-3-1-2-4-6-14/h7-8,18H,1-6H2,(H,17,19). The van der Waals surface area contributed by atoms with Crippen LogP contribution in [0.1, 0.15) is 38.5 Å². The second-order valence-electron chi connectivity index (χ2n) is 5.39. The van der Waals surface area contributed by atoms with Gasteiger partial charge in [-0.15, -0.1) is 0 Å². The van der Waals surface area contributed by atoms with E-state index in [1.54, 1.807) is 12.1 Å². The van der Waals surface area contributed by atoms with Gasteiger partial charge in [-0.2, -0.15) is 0 Å². The average Bonchev–Trinajstić information content (AvgIpc) is 2.60. The van der Waals surface area contributed by atoms with Gasteiger partial charge in [-0.3, -0.25) is 4.79 Å². The lowest BCUT2D eigenvalue weighted by atomic mass is 9.87. The van der Waals surface area contributed by atoms with Gasteiger partial charge in [-0.1, -0.05) is 48.9 Å². The molecule has 1 fully saturated rings. The minimum absolute atomic E-state index is 0.0558. The molecule has 1 aliphatic heterocycles. The maximum Gasteiger partial charge on any atom is 0.250 e. The van der Waals surface area contributed by atoms with Crippen LogP contribution in [0.5, 0.6) is 0 Å². The van der Waals surface area contributed by atoms with Crippen LogP contribution in [0.3, 0.4) is 0 Å². The van der Waals surface area contributed by atoms with Crippen LogP contribution < -0.4 is 10.6 Å². The largest absolute Gasteiger partial charge is 0.369 e. The molecule has 1 amide bonds. The number of halogens is 2. The number of hydrogen-bond acceptors (Lipinski definition) is 2. The summed E-state index contributed by atoms with van der Waals surface area (Å²) in [5.41, 5.74) is 1.12. The molecule has 0 aromatic heterocycles. The molecule has 1 aliphatic carbocycles. The lowest BCUT2D eigenvalue weighted by Crippen LogP contribution is -2.52. The molecular weight excluding hydrogens is 283 g/mol. The summed E-state index contributed by atoms with van der Waals surface area (Å²) >= 11 is 12.0. The highest BCUT2D eigenvalue weighted by Gasteiger charge is 2.42. The third kappa shape index (κ3) is 2.30. The van der Waals surface area contributed by atoms with Gasteiger partial charge in [0, 0.05) is 0 Å². The van der Waals surface area contributed by atoms with Crippen molar-refractivity contribution < 1.29 is 4.79 Å². The Labute approximate surface area is 122 Å². The van der Waals surface area contributed by atoms with E-state index >= 15 is 0 Å². The summed E-state index contributed by atoms with van der Waals surface area (Å²) in [6.07, 6.45) is 6.31. The molecule has 3 rings (SSSR count). The van der Waals surface area contributed by atoms with Crippen molar-refractivity contribution in [1.29, 1.82) is 0 Å². The van der Waals surface area contributed by atoms with Crippen molar-refractivity contribution in [3.63, 3.8) is 0 Å². The fourth-order valence-corrected chi connectivity index (χ4v) is 3.32. The van der Waals surface area contributed by atoms with E-state index in [-0.39, 0.29) is 5.91 Å². The van der Waals surface area contributed by atoms with Crippen molar-refractivity contribution >= 4 is 40.5 Å². The van der Waals surface area contributed by atoms with Crippen molar-refractivity contribution in [2.24, 2.45) is 0 Å². The molecule has 1 heterocycles. The van der Waals surface area contributed by atoms with Gasteiger partial charge >= 0.3 is 0 Å². The number of anilines is 2. The van der Waals surface area contributed by atoms with E-state index < -0.39 is 5.54 Å². The second kappa shape index (κ2) is 4.88. The molecule has 1 aromatic carbocycles. The maximum absolute atomic E-state index is 12.4. The molecule has 5 heteroatoms. The van der Waals surface area contributed by atoms with E-state index in [2.05, 4.69) is 10.6 Å². The van der Waals surface area contributed by atoms with Crippen LogP contribution >= 0.6 is 23.2 Å². The topological polar surface area (TPSA) is 41.1 Å². The summed E-state index contributed by atoms with van der Waals surface area (Å²) in [6.45, 7) is 0. The summed E-state index contributed by atoms with van der Waals surface area (Å²) in [5.74, 6) is 0.0558. The molecule has 1 aromatic rings. The highest BCUT2D eigenvalue weighted by atomic mass is 35.5. The number of hydrogen-bond donors (Lipinski definition) is 2. The predicted molar refractivity (Wildman–Crippen MR) is 79.1 cm³/mol. The van der Waals surface area contributed by atoms with Crippen LogP contribution in [0.25, 0.3) is 0 Å². The molecule has 0 saturated heterocycles. The first-order valence-corrected chi connectivity index (χ1v) is 7.45. The van der Waals surface area contributed by atoms with E-state index in [1.807, 2.05) is 0 Å². The molecule has 3 nitrogen and oxygen atoms in total. The van der Waals surface area contributed by atoms with Crippen LogP contribution in [0.2, 0.25) is 10.0 Å². The van der Waals surface area contributed by atoms with Crippen molar-refractivity contribution in [3.05, 3.63) is 22.2 Å². The summed E-state index contributed by atoms with van der Waals surface area (Å²) in [4.78, 5) is 12.4. The lowest BCUT2D eigenvalue weighted by Gasteiger charge is -2.38. The smallest absolute Gasteiger partial charge is 0.250 e. The SMILES string of the molecule is O=C1Nc2cc(Cl)c(Cl)cc2NC12CCCCCC2. The Bertz CT molecular complexity index is 522. The number of benzene rings is 1. The molecule has 0 radical (unpaired) electrons. The number of carbonyl (C=O) groups is 1. The zero-order valence-electron chi connectivity index (χ0n) is 10.6. The molecule has 0 bridgehead atoms. The first-order valence-electron chi connectivity index (χ1n) is 6.69. The number of rotatable bonds is 0. The predicted octanol–water partition coefficient (Wildman–Crippen LogP) is 4.45. The third-order valence-corrected chi connectivity index (χ3v) is 4.80. The van der Waals surface area contributed by atoms with Crippen LogP contribution in [-0.2, 0) is 4.79 Å². The molecule has 0 atom stereocenters. The Kier molecular flexibility index (Phi) is 3.35. The van der Waals surface area contributed by atoms with Crippen molar-refractivity contribution in [1.82, 2.24) is 0 Å². The molecule has 2 aliphatic rings. The number of nitrogens with one attached hydrogen (secondary N) is 2. The van der Waals surface area contributed by atoms with Gasteiger partial charge in [0.2, 0.25) is 5.91 Å². The van der Waals surface area contributed by atoms with Gasteiger partial charge in [-0.05, 0) is 25.0 Å². The monoisotopic (exact) mass is 298 g/mol. The summed E-state index contributed by atoms with van der Waals surface area (Å²) < 4.78 is 0. The van der Waals surface area contributed by atoms with E-state index in [1.165, 1.54) is 12.8 Å². The zero-order valence-corrected chi connectivity index (χ0v) is 12.1. The van der Waals surface area contributed by atoms with E-state index in [0.29, 0.717) is 15.7 Å². The summed E-state index contributed by atoms with van der Waals surface area (Å²) in [7, 11) is 0. The fraction of sp³-hybridized carbons (Fsp3) is 0.500. The fourth-order valence-electron chi connectivity index (χ4n) is 2.99. The van der Waals surface area contributed by atoms with Crippen LogP contribution in [0.15, 0.2) is 12.1 Å². The number of fused-ring (bicyclic) bond motifs is 1. The average molecular weight is 299 g/mol. The van der Waals surface area contributed by atoms with Gasteiger partial charge in [0.05, 0.1) is 21.4 Å². The number of carbonyl (C=O) groups excluding carboxylic acids is 1. The first kappa shape index (κ1) is 13.1. The van der Waals surface area contributed by atoms with E-state index in [9.17, 15) is 4.79 Å². The van der Waals surface area contributed by atoms with E-state index in [4.69, 9.17) is 23.2 Å². The minimum atomic E-state index is -0.472. The van der Waals surface area contributed by atoms with Gasteiger partial charge in [-0.25, -0.2) is 0 Å². The minimum Gasteiger partial charge on any atom is -0.369 e. The Balaban J connectivity index is 1.98. The van der Waals surface area contributed by atoms with Crippen LogP contribution in [-0.4, -0.2) is 11.4 Å². The molecular formula is C14H16Cl2N2O. The van der Waals surface area contributed by atoms with Crippen molar-refractivity contribution in [3.8, 4) is 0 Å². The molecule has 19 heavy (non-hydrogen) atoms. The molecule has 1 saturated carbocycles. The van der Waals surface area contributed by atoms with Gasteiger partial charge in [0.25, 0.3) is 0 Å². The van der Waals surface area contributed by atoms with Gasteiger partial charge in [0.1, 0.15) is 5.54 Å². The number of amides is 1. The van der Waals surface area contributed by atoms with Gasteiger partial charge < -0.3 is 10.6 Å². The summed E-state index contributed by atoms with van der Waals surface area (Å²) in [5, 5.41) is 7.35. The maximum atomic E-state index is 12.4. The molecule has 1 spiro atoms. The molecule has 2 N–H and O–H groups in total. The Morgan fingerprint density at radius 2 is 1.53 bits per heavy atom. The van der Waals surface area contributed by atoms with Crippen LogP contribution in [0.4, 0.5) is 11.4 Å². The van der Waals surface area contributed by atoms with Crippen LogP contribution in [0, 0.1) is 0 Å². The highest BCUT2D eigenvalue weighted by molar-refractivity contribution is 6.42. The molecule has 102 valence electrons. The van der Waals surface area contributed by atoms with Crippen molar-refractivity contribution in [2.75, 3.05) is 10.6 Å². The van der Waals surface area contributed by atoms with Crippen molar-refractivity contribution in [2.45, 2.75) is 44.1 Å². The Morgan fingerprint density at radius 1 is 0.947 bits per heavy atom. The van der Waals surface area contributed by atoms with Gasteiger partial charge in [0.15, 0.2) is 0 Å². The lowest BCUT2D eigenvalue weighted by molar-refractivity contribution is -0.121. The Morgan fingerprint density at radius 3 is 2.16 bits per heavy atom. The first-order chi connectivity index (χ1) is 9.11.